The number of nitrogens with one attached hydrogen (secondary N) is 1. The highest BCUT2D eigenvalue weighted by atomic mass is 32.1. The maximum Gasteiger partial charge on any atom is 0.273 e. The third-order valence-corrected chi connectivity index (χ3v) is 6.85. The Balaban J connectivity index is 1.73. The Morgan fingerprint density at radius 2 is 1.79 bits per heavy atom. The molecule has 0 spiro atoms. The summed E-state index contributed by atoms with van der Waals surface area (Å²) >= 11 is 1.32. The molecule has 0 bridgehead atoms. The average Bonchev–Trinajstić information content (AvgIpc) is 3.15. The summed E-state index contributed by atoms with van der Waals surface area (Å²) in [5, 5.41) is 14.6. The first-order valence-electron chi connectivity index (χ1n) is 10.5. The lowest BCUT2D eigenvalue weighted by Gasteiger charge is -2.27. The van der Waals surface area contributed by atoms with E-state index in [1.807, 2.05) is 37.3 Å². The van der Waals surface area contributed by atoms with Crippen LogP contribution in [0.25, 0.3) is 10.4 Å². The van der Waals surface area contributed by atoms with E-state index in [2.05, 4.69) is 5.32 Å². The van der Waals surface area contributed by atoms with Crippen LogP contribution in [0.1, 0.15) is 31.8 Å². The van der Waals surface area contributed by atoms with E-state index >= 15 is 0 Å². The van der Waals surface area contributed by atoms with E-state index < -0.39 is 10.8 Å². The van der Waals surface area contributed by atoms with Gasteiger partial charge in [-0.1, -0.05) is 36.4 Å². The molecule has 1 aliphatic heterocycles. The fourth-order valence-electron chi connectivity index (χ4n) is 3.77. The monoisotopic (exact) mass is 465 g/mol. The molecule has 0 aliphatic carbocycles. The first-order chi connectivity index (χ1) is 15.9. The van der Waals surface area contributed by atoms with Gasteiger partial charge in [-0.2, -0.15) is 0 Å². The number of benzene rings is 2. The van der Waals surface area contributed by atoms with Crippen LogP contribution in [-0.2, 0) is 4.74 Å². The fraction of sp³-hybridized carbons (Fsp3) is 0.250. The summed E-state index contributed by atoms with van der Waals surface area (Å²) in [6.45, 7) is 5.38. The Labute approximate surface area is 194 Å². The van der Waals surface area contributed by atoms with Gasteiger partial charge in [-0.05, 0) is 31.0 Å². The third-order valence-electron chi connectivity index (χ3n) is 5.59. The summed E-state index contributed by atoms with van der Waals surface area (Å²) in [7, 11) is 0. The number of hydrogen-bond donors (Lipinski definition) is 1. The van der Waals surface area contributed by atoms with Crippen LogP contribution in [0.2, 0.25) is 0 Å². The van der Waals surface area contributed by atoms with E-state index in [0.717, 1.165) is 16.0 Å². The topological polar surface area (TPSA) is 102 Å². The molecule has 1 saturated heterocycles. The van der Waals surface area contributed by atoms with Crippen molar-refractivity contribution in [1.82, 2.24) is 4.90 Å². The number of rotatable bonds is 5. The molecule has 0 unspecified atom stereocenters. The van der Waals surface area contributed by atoms with Gasteiger partial charge in [0.2, 0.25) is 0 Å². The summed E-state index contributed by atoms with van der Waals surface area (Å²) in [5.41, 5.74) is 2.67. The minimum atomic E-state index is -0.512. The standard InChI is InChI=1S/C24H23N3O5S/c1-15-8-9-18(14-19(15)27(30)31)22(28)25-23-20(24(29)26-10-12-32-13-11-26)16(2)21(33-23)17-6-4-3-5-7-17/h3-9,14H,10-13H2,1-2H3,(H,25,28). The quantitative estimate of drug-likeness (QED) is 0.436. The fourth-order valence-corrected chi connectivity index (χ4v) is 4.97. The van der Waals surface area contributed by atoms with Crippen LogP contribution in [0.5, 0.6) is 0 Å². The summed E-state index contributed by atoms with van der Waals surface area (Å²) in [6.07, 6.45) is 0. The Morgan fingerprint density at radius 3 is 2.45 bits per heavy atom. The van der Waals surface area contributed by atoms with Crippen molar-refractivity contribution in [2.75, 3.05) is 31.6 Å². The van der Waals surface area contributed by atoms with Crippen molar-refractivity contribution in [3.8, 4) is 10.4 Å². The van der Waals surface area contributed by atoms with Crippen LogP contribution < -0.4 is 5.32 Å². The van der Waals surface area contributed by atoms with Gasteiger partial charge >= 0.3 is 0 Å². The molecule has 0 atom stereocenters. The summed E-state index contributed by atoms with van der Waals surface area (Å²) in [6, 6.07) is 14.0. The molecule has 2 aromatic carbocycles. The Bertz CT molecular complexity index is 1220. The number of nitro benzene ring substituents is 1. The molecular weight excluding hydrogens is 442 g/mol. The Morgan fingerprint density at radius 1 is 1.09 bits per heavy atom. The molecule has 1 fully saturated rings. The highest BCUT2D eigenvalue weighted by molar-refractivity contribution is 7.20. The van der Waals surface area contributed by atoms with Gasteiger partial charge in [0.15, 0.2) is 0 Å². The number of thiophene rings is 1. The Kier molecular flexibility index (Phi) is 6.52. The number of hydrogen-bond acceptors (Lipinski definition) is 6. The second-order valence-electron chi connectivity index (χ2n) is 7.74. The van der Waals surface area contributed by atoms with E-state index in [0.29, 0.717) is 42.4 Å². The zero-order valence-electron chi connectivity index (χ0n) is 18.3. The van der Waals surface area contributed by atoms with Gasteiger partial charge < -0.3 is 15.0 Å². The molecule has 0 radical (unpaired) electrons. The van der Waals surface area contributed by atoms with E-state index in [4.69, 9.17) is 4.74 Å². The first kappa shape index (κ1) is 22.6. The van der Waals surface area contributed by atoms with Crippen molar-refractivity contribution in [3.63, 3.8) is 0 Å². The van der Waals surface area contributed by atoms with Crippen molar-refractivity contribution < 1.29 is 19.2 Å². The van der Waals surface area contributed by atoms with Gasteiger partial charge in [-0.25, -0.2) is 0 Å². The van der Waals surface area contributed by atoms with Crippen LogP contribution in [0.4, 0.5) is 10.7 Å². The number of carbonyl (C=O) groups excluding carboxylic acids is 2. The molecule has 3 aromatic rings. The molecule has 2 amide bonds. The largest absolute Gasteiger partial charge is 0.378 e. The lowest BCUT2D eigenvalue weighted by molar-refractivity contribution is -0.385. The van der Waals surface area contributed by atoms with Crippen molar-refractivity contribution >= 4 is 33.8 Å². The van der Waals surface area contributed by atoms with Crippen molar-refractivity contribution in [2.24, 2.45) is 0 Å². The maximum atomic E-state index is 13.4. The van der Waals surface area contributed by atoms with E-state index in [1.165, 1.54) is 17.4 Å². The van der Waals surface area contributed by atoms with Crippen LogP contribution in [0, 0.1) is 24.0 Å². The predicted molar refractivity (Wildman–Crippen MR) is 127 cm³/mol. The maximum absolute atomic E-state index is 13.4. The zero-order valence-corrected chi connectivity index (χ0v) is 19.1. The lowest BCUT2D eigenvalue weighted by Crippen LogP contribution is -2.41. The SMILES string of the molecule is Cc1ccc(C(=O)Nc2sc(-c3ccccc3)c(C)c2C(=O)N2CCOCC2)cc1[N+](=O)[O-]. The number of nitro groups is 1. The lowest BCUT2D eigenvalue weighted by atomic mass is 10.1. The van der Waals surface area contributed by atoms with E-state index in [9.17, 15) is 19.7 Å². The predicted octanol–water partition coefficient (Wildman–Crippen LogP) is 4.66. The minimum absolute atomic E-state index is 0.125. The molecule has 33 heavy (non-hydrogen) atoms. The first-order valence-corrected chi connectivity index (χ1v) is 11.3. The molecule has 8 nitrogen and oxygen atoms in total. The number of morpholine rings is 1. The number of aryl methyl sites for hydroxylation is 1. The van der Waals surface area contributed by atoms with Gasteiger partial charge in [0.25, 0.3) is 17.5 Å². The van der Waals surface area contributed by atoms with E-state index in [1.54, 1.807) is 24.0 Å². The summed E-state index contributed by atoms with van der Waals surface area (Å²) in [5.74, 6) is -0.672. The smallest absolute Gasteiger partial charge is 0.273 e. The summed E-state index contributed by atoms with van der Waals surface area (Å²) < 4.78 is 5.37. The van der Waals surface area contributed by atoms with Crippen LogP contribution >= 0.6 is 11.3 Å². The Hall–Kier alpha value is -3.56. The average molecular weight is 466 g/mol. The number of anilines is 1. The van der Waals surface area contributed by atoms with E-state index in [-0.39, 0.29) is 17.2 Å². The van der Waals surface area contributed by atoms with Crippen LogP contribution in [0.3, 0.4) is 0 Å². The number of amides is 2. The van der Waals surface area contributed by atoms with Gasteiger partial charge in [0, 0.05) is 35.2 Å². The third kappa shape index (κ3) is 4.64. The minimum Gasteiger partial charge on any atom is -0.378 e. The van der Waals surface area contributed by atoms with Crippen LogP contribution in [0.15, 0.2) is 48.5 Å². The number of ether oxygens (including phenoxy) is 1. The molecule has 1 aromatic heterocycles. The molecule has 4 rings (SSSR count). The molecule has 1 aliphatic rings. The molecule has 1 N–H and O–H groups in total. The van der Waals surface area contributed by atoms with Crippen LogP contribution in [-0.4, -0.2) is 47.9 Å². The number of carbonyl (C=O) groups is 2. The molecule has 2 heterocycles. The highest BCUT2D eigenvalue weighted by Gasteiger charge is 2.28. The molecular formula is C24H23N3O5S. The molecule has 0 saturated carbocycles. The van der Waals surface area contributed by atoms with Gasteiger partial charge in [-0.15, -0.1) is 11.3 Å². The normalized spacial score (nSPS) is 13.6. The van der Waals surface area contributed by atoms with Crippen molar-refractivity contribution in [2.45, 2.75) is 13.8 Å². The van der Waals surface area contributed by atoms with Gasteiger partial charge in [-0.3, -0.25) is 19.7 Å². The van der Waals surface area contributed by atoms with Crippen molar-refractivity contribution in [1.29, 1.82) is 0 Å². The summed E-state index contributed by atoms with van der Waals surface area (Å²) in [4.78, 5) is 39.9. The molecule has 170 valence electrons. The van der Waals surface area contributed by atoms with Crippen molar-refractivity contribution in [3.05, 3.63) is 80.9 Å². The molecule has 9 heteroatoms. The van der Waals surface area contributed by atoms with Gasteiger partial charge in [0.05, 0.1) is 23.7 Å². The number of nitrogens with zero attached hydrogens (tertiary/aromatic N) is 2. The van der Waals surface area contributed by atoms with Gasteiger partial charge in [0.1, 0.15) is 5.00 Å². The highest BCUT2D eigenvalue weighted by Crippen LogP contribution is 2.41. The second kappa shape index (κ2) is 9.51. The zero-order chi connectivity index (χ0) is 23.5. The second-order valence-corrected chi connectivity index (χ2v) is 8.76.